The van der Waals surface area contributed by atoms with Gasteiger partial charge in [0.1, 0.15) is 0 Å². The van der Waals surface area contributed by atoms with Gasteiger partial charge in [-0.05, 0) is 28.9 Å². The van der Waals surface area contributed by atoms with Crippen LogP contribution in [-0.4, -0.2) is 12.1 Å². The maximum Gasteiger partial charge on any atom is 0.217 e. The van der Waals surface area contributed by atoms with Crippen LogP contribution in [0.15, 0.2) is 10.5 Å². The highest BCUT2D eigenvalue weighted by atomic mass is 79.9. The normalized spacial score (nSPS) is 10.0. The maximum absolute atomic E-state index is 5.50. The Hall–Kier alpha value is -0.610. The molecule has 1 aromatic heterocycles. The van der Waals surface area contributed by atoms with Gasteiger partial charge in [-0.15, -0.1) is 0 Å². The molecule has 0 unspecified atom stereocenters. The van der Waals surface area contributed by atoms with Crippen LogP contribution < -0.4 is 10.5 Å². The van der Waals surface area contributed by atoms with Crippen molar-refractivity contribution in [2.45, 2.75) is 13.5 Å². The molecule has 0 amide bonds. The largest absolute Gasteiger partial charge is 0.481 e. The average Bonchev–Trinajstić information content (AvgIpc) is 2.09. The number of aryl methyl sites for hydroxylation is 1. The van der Waals surface area contributed by atoms with Gasteiger partial charge < -0.3 is 10.5 Å². The molecule has 0 radical (unpaired) electrons. The highest BCUT2D eigenvalue weighted by Gasteiger charge is 2.05. The number of hydrogen-bond donors (Lipinski definition) is 1. The summed E-state index contributed by atoms with van der Waals surface area (Å²) in [5.74, 6) is 0.609. The predicted octanol–water partition coefficient (Wildman–Crippen LogP) is 1.62. The minimum absolute atomic E-state index is 0.440. The second kappa shape index (κ2) is 3.87. The van der Waals surface area contributed by atoms with Crippen molar-refractivity contribution in [3.63, 3.8) is 0 Å². The Bertz CT molecular complexity index is 260. The Morgan fingerprint density at radius 2 is 2.33 bits per heavy atom. The molecule has 3 nitrogen and oxygen atoms in total. The van der Waals surface area contributed by atoms with Gasteiger partial charge in [0.25, 0.3) is 0 Å². The van der Waals surface area contributed by atoms with Crippen LogP contribution in [0.4, 0.5) is 0 Å². The number of methoxy groups -OCH3 is 1. The van der Waals surface area contributed by atoms with Crippen LogP contribution in [0.25, 0.3) is 0 Å². The fraction of sp³-hybridized carbons (Fsp3) is 0.375. The van der Waals surface area contributed by atoms with Crippen LogP contribution in [0.1, 0.15) is 11.3 Å². The van der Waals surface area contributed by atoms with Gasteiger partial charge in [0.2, 0.25) is 5.88 Å². The first kappa shape index (κ1) is 9.48. The minimum Gasteiger partial charge on any atom is -0.481 e. The first-order valence-corrected chi connectivity index (χ1v) is 4.38. The van der Waals surface area contributed by atoms with Gasteiger partial charge in [0.05, 0.1) is 12.8 Å². The van der Waals surface area contributed by atoms with Gasteiger partial charge in [-0.1, -0.05) is 0 Å². The standard InChI is InChI=1S/C8H11BrN2O/c1-5-7(9)3-6(4-10)8(11-5)12-2/h3H,4,10H2,1-2H3. The van der Waals surface area contributed by atoms with E-state index >= 15 is 0 Å². The molecular weight excluding hydrogens is 220 g/mol. The molecule has 1 rings (SSSR count). The van der Waals surface area contributed by atoms with E-state index in [0.717, 1.165) is 15.7 Å². The molecule has 0 aliphatic carbocycles. The zero-order valence-electron chi connectivity index (χ0n) is 7.10. The number of nitrogens with two attached hydrogens (primary N) is 1. The molecule has 0 atom stereocenters. The molecular formula is C8H11BrN2O. The van der Waals surface area contributed by atoms with Crippen LogP contribution in [0, 0.1) is 6.92 Å². The Labute approximate surface area is 80.1 Å². The number of nitrogens with zero attached hydrogens (tertiary/aromatic N) is 1. The Morgan fingerprint density at radius 3 is 2.83 bits per heavy atom. The van der Waals surface area contributed by atoms with Crippen molar-refractivity contribution in [2.24, 2.45) is 5.73 Å². The molecule has 1 aromatic rings. The lowest BCUT2D eigenvalue weighted by Crippen LogP contribution is -2.02. The number of pyridine rings is 1. The fourth-order valence-electron chi connectivity index (χ4n) is 0.920. The van der Waals surface area contributed by atoms with Gasteiger partial charge in [0.15, 0.2) is 0 Å². The smallest absolute Gasteiger partial charge is 0.217 e. The zero-order chi connectivity index (χ0) is 9.14. The monoisotopic (exact) mass is 230 g/mol. The molecule has 0 saturated heterocycles. The van der Waals surface area contributed by atoms with Crippen molar-refractivity contribution in [2.75, 3.05) is 7.11 Å². The SMILES string of the molecule is COc1nc(C)c(Br)cc1CN. The highest BCUT2D eigenvalue weighted by Crippen LogP contribution is 2.22. The van der Waals surface area contributed by atoms with E-state index in [0.29, 0.717) is 12.4 Å². The fourth-order valence-corrected chi connectivity index (χ4v) is 1.28. The van der Waals surface area contributed by atoms with Crippen molar-refractivity contribution >= 4 is 15.9 Å². The topological polar surface area (TPSA) is 48.1 Å². The number of rotatable bonds is 2. The molecule has 1 heterocycles. The number of halogens is 1. The summed E-state index contributed by atoms with van der Waals surface area (Å²) in [4.78, 5) is 4.21. The Morgan fingerprint density at radius 1 is 1.67 bits per heavy atom. The third kappa shape index (κ3) is 1.76. The van der Waals surface area contributed by atoms with E-state index in [4.69, 9.17) is 10.5 Å². The van der Waals surface area contributed by atoms with Gasteiger partial charge in [0, 0.05) is 16.6 Å². The first-order chi connectivity index (χ1) is 5.69. The number of aromatic nitrogens is 1. The molecule has 0 fully saturated rings. The van der Waals surface area contributed by atoms with E-state index in [2.05, 4.69) is 20.9 Å². The van der Waals surface area contributed by atoms with Crippen molar-refractivity contribution in [1.29, 1.82) is 0 Å². The zero-order valence-corrected chi connectivity index (χ0v) is 8.68. The van der Waals surface area contributed by atoms with Gasteiger partial charge in [-0.2, -0.15) is 0 Å². The lowest BCUT2D eigenvalue weighted by molar-refractivity contribution is 0.391. The van der Waals surface area contributed by atoms with Crippen LogP contribution in [0.5, 0.6) is 5.88 Å². The summed E-state index contributed by atoms with van der Waals surface area (Å²) in [5.41, 5.74) is 7.32. The third-order valence-corrected chi connectivity index (χ3v) is 2.41. The summed E-state index contributed by atoms with van der Waals surface area (Å²) >= 11 is 3.38. The molecule has 0 spiro atoms. The second-order valence-corrected chi connectivity index (χ2v) is 3.28. The van der Waals surface area contributed by atoms with Gasteiger partial charge in [-0.25, -0.2) is 4.98 Å². The van der Waals surface area contributed by atoms with E-state index in [9.17, 15) is 0 Å². The van der Waals surface area contributed by atoms with Crippen LogP contribution in [-0.2, 0) is 6.54 Å². The van der Waals surface area contributed by atoms with Crippen LogP contribution in [0.3, 0.4) is 0 Å². The quantitative estimate of drug-likeness (QED) is 0.841. The van der Waals surface area contributed by atoms with E-state index in [1.165, 1.54) is 0 Å². The van der Waals surface area contributed by atoms with Gasteiger partial charge in [-0.3, -0.25) is 0 Å². The molecule has 0 saturated carbocycles. The lowest BCUT2D eigenvalue weighted by Gasteiger charge is -2.07. The molecule has 0 aliphatic heterocycles. The molecule has 0 bridgehead atoms. The molecule has 12 heavy (non-hydrogen) atoms. The third-order valence-electron chi connectivity index (χ3n) is 1.60. The lowest BCUT2D eigenvalue weighted by atomic mass is 10.2. The van der Waals surface area contributed by atoms with E-state index in [1.54, 1.807) is 7.11 Å². The molecule has 2 N–H and O–H groups in total. The Kier molecular flexibility index (Phi) is 3.05. The minimum atomic E-state index is 0.440. The second-order valence-electron chi connectivity index (χ2n) is 2.43. The van der Waals surface area contributed by atoms with Gasteiger partial charge >= 0.3 is 0 Å². The summed E-state index contributed by atoms with van der Waals surface area (Å²) in [5, 5.41) is 0. The van der Waals surface area contributed by atoms with Crippen LogP contribution >= 0.6 is 15.9 Å². The predicted molar refractivity (Wildman–Crippen MR) is 51.1 cm³/mol. The summed E-state index contributed by atoms with van der Waals surface area (Å²) in [6.07, 6.45) is 0. The summed E-state index contributed by atoms with van der Waals surface area (Å²) in [6.45, 7) is 2.35. The summed E-state index contributed by atoms with van der Waals surface area (Å²) in [6, 6.07) is 1.93. The Balaban J connectivity index is 3.19. The van der Waals surface area contributed by atoms with Crippen molar-refractivity contribution in [3.05, 3.63) is 21.8 Å². The number of ether oxygens (including phenoxy) is 1. The average molecular weight is 231 g/mol. The number of hydrogen-bond acceptors (Lipinski definition) is 3. The molecule has 0 aliphatic rings. The van der Waals surface area contributed by atoms with Crippen LogP contribution in [0.2, 0.25) is 0 Å². The van der Waals surface area contributed by atoms with E-state index < -0.39 is 0 Å². The first-order valence-electron chi connectivity index (χ1n) is 3.59. The maximum atomic E-state index is 5.50. The molecule has 4 heteroatoms. The highest BCUT2D eigenvalue weighted by molar-refractivity contribution is 9.10. The van der Waals surface area contributed by atoms with E-state index in [-0.39, 0.29) is 0 Å². The summed E-state index contributed by atoms with van der Waals surface area (Å²) < 4.78 is 6.02. The van der Waals surface area contributed by atoms with E-state index in [1.807, 2.05) is 13.0 Å². The van der Waals surface area contributed by atoms with Crippen molar-refractivity contribution < 1.29 is 4.74 Å². The van der Waals surface area contributed by atoms with Crippen molar-refractivity contribution in [3.8, 4) is 5.88 Å². The summed E-state index contributed by atoms with van der Waals surface area (Å²) in [7, 11) is 1.59. The molecule has 0 aromatic carbocycles. The van der Waals surface area contributed by atoms with Crippen molar-refractivity contribution in [1.82, 2.24) is 4.98 Å². The molecule has 66 valence electrons.